The first-order valence-corrected chi connectivity index (χ1v) is 6.44. The summed E-state index contributed by atoms with van der Waals surface area (Å²) in [7, 11) is 0. The Hall–Kier alpha value is -2.41. The van der Waals surface area contributed by atoms with Gasteiger partial charge in [-0.2, -0.15) is 5.26 Å². The van der Waals surface area contributed by atoms with Crippen LogP contribution in [-0.2, 0) is 5.54 Å². The third-order valence-corrected chi connectivity index (χ3v) is 3.34. The topological polar surface area (TPSA) is 48.7 Å². The Labute approximate surface area is 118 Å². The van der Waals surface area contributed by atoms with Crippen LogP contribution in [0.15, 0.2) is 48.8 Å². The number of nitrogens with one attached hydrogen (secondary N) is 1. The SMILES string of the molecule is CC(C)C(C#N)(Nc1ccc(F)cc1)c1cccnc1. The molecule has 0 aliphatic heterocycles. The van der Waals surface area contributed by atoms with E-state index in [0.29, 0.717) is 5.69 Å². The maximum absolute atomic E-state index is 13.0. The van der Waals surface area contributed by atoms with Crippen LogP contribution in [0.3, 0.4) is 0 Å². The summed E-state index contributed by atoms with van der Waals surface area (Å²) in [6.07, 6.45) is 3.35. The van der Waals surface area contributed by atoms with Crippen molar-refractivity contribution in [2.45, 2.75) is 19.4 Å². The number of rotatable bonds is 4. The van der Waals surface area contributed by atoms with Crippen molar-refractivity contribution < 1.29 is 4.39 Å². The van der Waals surface area contributed by atoms with E-state index in [4.69, 9.17) is 0 Å². The van der Waals surface area contributed by atoms with E-state index < -0.39 is 5.54 Å². The molecule has 102 valence electrons. The summed E-state index contributed by atoms with van der Waals surface area (Å²) in [5, 5.41) is 12.9. The maximum Gasteiger partial charge on any atom is 0.154 e. The molecule has 0 saturated heterocycles. The van der Waals surface area contributed by atoms with E-state index >= 15 is 0 Å². The summed E-state index contributed by atoms with van der Waals surface area (Å²) in [6.45, 7) is 3.93. The Balaban J connectivity index is 2.43. The molecule has 2 aromatic rings. The molecule has 1 unspecified atom stereocenters. The largest absolute Gasteiger partial charge is 0.363 e. The molecule has 1 aromatic carbocycles. The van der Waals surface area contributed by atoms with Crippen molar-refractivity contribution in [1.29, 1.82) is 5.26 Å². The van der Waals surface area contributed by atoms with Crippen LogP contribution in [0.2, 0.25) is 0 Å². The van der Waals surface area contributed by atoms with E-state index in [1.165, 1.54) is 12.1 Å². The predicted molar refractivity (Wildman–Crippen MR) is 76.4 cm³/mol. The van der Waals surface area contributed by atoms with E-state index in [-0.39, 0.29) is 11.7 Å². The second kappa shape index (κ2) is 5.70. The molecular formula is C16H16FN3. The average Bonchev–Trinajstić information content (AvgIpc) is 2.47. The zero-order chi connectivity index (χ0) is 14.6. The van der Waals surface area contributed by atoms with Crippen LogP contribution in [0.1, 0.15) is 19.4 Å². The van der Waals surface area contributed by atoms with Gasteiger partial charge in [-0.15, -0.1) is 0 Å². The monoisotopic (exact) mass is 269 g/mol. The lowest BCUT2D eigenvalue weighted by Crippen LogP contribution is -2.39. The Morgan fingerprint density at radius 2 is 1.95 bits per heavy atom. The van der Waals surface area contributed by atoms with E-state index in [1.54, 1.807) is 30.6 Å². The molecule has 0 radical (unpaired) electrons. The lowest BCUT2D eigenvalue weighted by Gasteiger charge is -2.33. The summed E-state index contributed by atoms with van der Waals surface area (Å²) < 4.78 is 13.0. The van der Waals surface area contributed by atoms with Gasteiger partial charge in [0.2, 0.25) is 0 Å². The van der Waals surface area contributed by atoms with Crippen LogP contribution >= 0.6 is 0 Å². The molecule has 1 atom stereocenters. The van der Waals surface area contributed by atoms with Crippen LogP contribution < -0.4 is 5.32 Å². The maximum atomic E-state index is 13.0. The number of halogens is 1. The van der Waals surface area contributed by atoms with Crippen molar-refractivity contribution in [1.82, 2.24) is 4.98 Å². The molecule has 1 N–H and O–H groups in total. The molecule has 0 fully saturated rings. The molecule has 20 heavy (non-hydrogen) atoms. The normalized spacial score (nSPS) is 13.6. The van der Waals surface area contributed by atoms with E-state index in [2.05, 4.69) is 16.4 Å². The van der Waals surface area contributed by atoms with Gasteiger partial charge in [0.05, 0.1) is 6.07 Å². The van der Waals surface area contributed by atoms with Gasteiger partial charge in [0.25, 0.3) is 0 Å². The summed E-state index contributed by atoms with van der Waals surface area (Å²) in [5.74, 6) is -0.286. The van der Waals surface area contributed by atoms with Gasteiger partial charge in [0.1, 0.15) is 5.82 Å². The summed E-state index contributed by atoms with van der Waals surface area (Å²) in [5.41, 5.74) is 0.596. The highest BCUT2D eigenvalue weighted by molar-refractivity contribution is 5.51. The van der Waals surface area contributed by atoms with Crippen molar-refractivity contribution in [3.63, 3.8) is 0 Å². The fourth-order valence-corrected chi connectivity index (χ4v) is 2.13. The quantitative estimate of drug-likeness (QED) is 0.920. The molecule has 0 spiro atoms. The molecule has 3 nitrogen and oxygen atoms in total. The van der Waals surface area contributed by atoms with Crippen molar-refractivity contribution in [3.05, 3.63) is 60.2 Å². The zero-order valence-corrected chi connectivity index (χ0v) is 11.5. The Bertz CT molecular complexity index is 602. The van der Waals surface area contributed by atoms with Gasteiger partial charge in [-0.3, -0.25) is 4.98 Å². The van der Waals surface area contributed by atoms with Crippen molar-refractivity contribution in [3.8, 4) is 6.07 Å². The number of hydrogen-bond acceptors (Lipinski definition) is 3. The average molecular weight is 269 g/mol. The zero-order valence-electron chi connectivity index (χ0n) is 11.5. The van der Waals surface area contributed by atoms with Gasteiger partial charge in [-0.25, -0.2) is 4.39 Å². The number of pyridine rings is 1. The summed E-state index contributed by atoms with van der Waals surface area (Å²) in [4.78, 5) is 4.09. The van der Waals surface area contributed by atoms with Crippen LogP contribution in [0, 0.1) is 23.1 Å². The molecule has 0 aliphatic rings. The minimum Gasteiger partial charge on any atom is -0.363 e. The molecular weight excluding hydrogens is 253 g/mol. The first kappa shape index (κ1) is 14.0. The van der Waals surface area contributed by atoms with Gasteiger partial charge in [-0.1, -0.05) is 19.9 Å². The van der Waals surface area contributed by atoms with Gasteiger partial charge < -0.3 is 5.32 Å². The first-order chi connectivity index (χ1) is 9.58. The Morgan fingerprint density at radius 3 is 2.45 bits per heavy atom. The van der Waals surface area contributed by atoms with E-state index in [9.17, 15) is 9.65 Å². The molecule has 2 rings (SSSR count). The second-order valence-electron chi connectivity index (χ2n) is 4.95. The molecule has 0 bridgehead atoms. The molecule has 0 aliphatic carbocycles. The predicted octanol–water partition coefficient (Wildman–Crippen LogP) is 3.71. The molecule has 1 aromatic heterocycles. The standard InChI is InChI=1S/C16H16FN3/c1-12(2)16(11-18,13-4-3-9-19-10-13)20-15-7-5-14(17)6-8-15/h3-10,12,20H,1-2H3. The van der Waals surface area contributed by atoms with Gasteiger partial charge >= 0.3 is 0 Å². The minimum absolute atomic E-state index is 0.0155. The van der Waals surface area contributed by atoms with Crippen LogP contribution in [0.4, 0.5) is 10.1 Å². The highest BCUT2D eigenvalue weighted by Crippen LogP contribution is 2.32. The number of nitriles is 1. The number of aromatic nitrogens is 1. The van der Waals surface area contributed by atoms with Crippen molar-refractivity contribution in [2.24, 2.45) is 5.92 Å². The fourth-order valence-electron chi connectivity index (χ4n) is 2.13. The Morgan fingerprint density at radius 1 is 1.25 bits per heavy atom. The van der Waals surface area contributed by atoms with E-state index in [1.807, 2.05) is 19.9 Å². The number of anilines is 1. The van der Waals surface area contributed by atoms with Crippen LogP contribution in [0.25, 0.3) is 0 Å². The summed E-state index contributed by atoms with van der Waals surface area (Å²) >= 11 is 0. The highest BCUT2D eigenvalue weighted by Gasteiger charge is 2.36. The summed E-state index contributed by atoms with van der Waals surface area (Å²) in [6, 6.07) is 12.0. The highest BCUT2D eigenvalue weighted by atomic mass is 19.1. The van der Waals surface area contributed by atoms with E-state index in [0.717, 1.165) is 5.56 Å². The van der Waals surface area contributed by atoms with Gasteiger partial charge in [0.15, 0.2) is 5.54 Å². The van der Waals surface area contributed by atoms with Crippen molar-refractivity contribution in [2.75, 3.05) is 5.32 Å². The van der Waals surface area contributed by atoms with Gasteiger partial charge in [-0.05, 0) is 36.2 Å². The van der Waals surface area contributed by atoms with Crippen LogP contribution in [-0.4, -0.2) is 4.98 Å². The Kier molecular flexibility index (Phi) is 3.99. The molecule has 4 heteroatoms. The fraction of sp³-hybridized carbons (Fsp3) is 0.250. The van der Waals surface area contributed by atoms with Crippen LogP contribution in [0.5, 0.6) is 0 Å². The number of nitrogens with zero attached hydrogens (tertiary/aromatic N) is 2. The third kappa shape index (κ3) is 2.62. The minimum atomic E-state index is -0.897. The third-order valence-electron chi connectivity index (χ3n) is 3.34. The molecule has 0 amide bonds. The smallest absolute Gasteiger partial charge is 0.154 e. The first-order valence-electron chi connectivity index (χ1n) is 6.44. The molecule has 1 heterocycles. The number of benzene rings is 1. The van der Waals surface area contributed by atoms with Crippen molar-refractivity contribution >= 4 is 5.69 Å². The number of hydrogen-bond donors (Lipinski definition) is 1. The lowest BCUT2D eigenvalue weighted by molar-refractivity contribution is 0.443. The van der Waals surface area contributed by atoms with Gasteiger partial charge in [0, 0.05) is 23.6 Å². The second-order valence-corrected chi connectivity index (χ2v) is 4.95. The lowest BCUT2D eigenvalue weighted by atomic mass is 9.81. The molecule has 0 saturated carbocycles.